The van der Waals surface area contributed by atoms with Crippen LogP contribution in [0.4, 0.5) is 0 Å². The number of carbonyl (C=O) groups excluding carboxylic acids is 1. The Morgan fingerprint density at radius 1 is 1.55 bits per heavy atom. The minimum absolute atomic E-state index is 0.0739. The van der Waals surface area contributed by atoms with E-state index in [2.05, 4.69) is 0 Å². The molecule has 11 heavy (non-hydrogen) atoms. The predicted molar refractivity (Wildman–Crippen MR) is 40.1 cm³/mol. The maximum absolute atomic E-state index is 9.94. The Hall–Kier alpha value is -0.670. The highest BCUT2D eigenvalue weighted by molar-refractivity contribution is 5.64. The van der Waals surface area contributed by atoms with Crippen molar-refractivity contribution in [3.05, 3.63) is 12.2 Å². The molecule has 0 bridgehead atoms. The van der Waals surface area contributed by atoms with Crippen molar-refractivity contribution < 1.29 is 14.3 Å². The maximum Gasteiger partial charge on any atom is 0.163 e. The molecule has 1 aliphatic heterocycles. The van der Waals surface area contributed by atoms with Gasteiger partial charge in [0.25, 0.3) is 0 Å². The second-order valence-electron chi connectivity index (χ2n) is 2.89. The molecule has 0 radical (unpaired) electrons. The molecule has 62 valence electrons. The van der Waals surface area contributed by atoms with Crippen LogP contribution < -0.4 is 0 Å². The molecular formula is C8H12O3. The molecule has 0 aromatic heterocycles. The van der Waals surface area contributed by atoms with Crippen molar-refractivity contribution in [3.63, 3.8) is 0 Å². The quantitative estimate of drug-likeness (QED) is 0.440. The first kappa shape index (κ1) is 8.43. The van der Waals surface area contributed by atoms with E-state index in [-0.39, 0.29) is 6.10 Å². The smallest absolute Gasteiger partial charge is 0.163 e. The van der Waals surface area contributed by atoms with Gasteiger partial charge in [-0.15, -0.1) is 0 Å². The van der Waals surface area contributed by atoms with Gasteiger partial charge in [0.05, 0.1) is 6.61 Å². The summed E-state index contributed by atoms with van der Waals surface area (Å²) in [5, 5.41) is 0. The van der Waals surface area contributed by atoms with Crippen LogP contribution in [-0.4, -0.2) is 24.8 Å². The summed E-state index contributed by atoms with van der Waals surface area (Å²) in [4.78, 5) is 9.94. The summed E-state index contributed by atoms with van der Waals surface area (Å²) >= 11 is 0. The largest absolute Gasteiger partial charge is 0.347 e. The molecule has 0 unspecified atom stereocenters. The van der Waals surface area contributed by atoms with Gasteiger partial charge in [-0.3, -0.25) is 4.79 Å². The predicted octanol–water partition coefficient (Wildman–Crippen LogP) is 0.893. The number of hydrogen-bond donors (Lipinski definition) is 0. The van der Waals surface area contributed by atoms with Gasteiger partial charge in [-0.05, 0) is 19.9 Å². The first-order valence-corrected chi connectivity index (χ1v) is 3.58. The summed E-state index contributed by atoms with van der Waals surface area (Å²) < 4.78 is 10.6. The third-order valence-corrected chi connectivity index (χ3v) is 1.43. The van der Waals surface area contributed by atoms with E-state index >= 15 is 0 Å². The van der Waals surface area contributed by atoms with Gasteiger partial charge in [0.1, 0.15) is 12.4 Å². The highest BCUT2D eigenvalue weighted by Crippen LogP contribution is 2.22. The molecule has 0 saturated carbocycles. The Bertz CT molecular complexity index is 172. The lowest BCUT2D eigenvalue weighted by Gasteiger charge is -2.15. The van der Waals surface area contributed by atoms with Crippen molar-refractivity contribution in [1.82, 2.24) is 0 Å². The molecule has 0 aliphatic carbocycles. The molecule has 1 fully saturated rings. The lowest BCUT2D eigenvalue weighted by atomic mass is 10.3. The van der Waals surface area contributed by atoms with Gasteiger partial charge >= 0.3 is 0 Å². The fourth-order valence-electron chi connectivity index (χ4n) is 0.980. The fourth-order valence-corrected chi connectivity index (χ4v) is 0.980. The lowest BCUT2D eigenvalue weighted by molar-refractivity contribution is -0.133. The van der Waals surface area contributed by atoms with Crippen LogP contribution in [0, 0.1) is 0 Å². The van der Waals surface area contributed by atoms with Crippen molar-refractivity contribution in [1.29, 1.82) is 0 Å². The third-order valence-electron chi connectivity index (χ3n) is 1.43. The topological polar surface area (TPSA) is 35.5 Å². The number of hydrogen-bond acceptors (Lipinski definition) is 3. The van der Waals surface area contributed by atoms with Gasteiger partial charge in [0.2, 0.25) is 0 Å². The monoisotopic (exact) mass is 156 g/mol. The Labute approximate surface area is 66.0 Å². The van der Waals surface area contributed by atoms with E-state index in [4.69, 9.17) is 9.47 Å². The van der Waals surface area contributed by atoms with Gasteiger partial charge < -0.3 is 9.47 Å². The molecule has 1 saturated heterocycles. The van der Waals surface area contributed by atoms with Crippen LogP contribution in [0.1, 0.15) is 13.8 Å². The number of rotatable bonds is 2. The van der Waals surface area contributed by atoms with Gasteiger partial charge in [0.15, 0.2) is 5.79 Å². The SMILES string of the molecule is CC1(C)OC[C@@H](C=CC=O)O1. The first-order valence-electron chi connectivity index (χ1n) is 3.58. The number of carbonyl (C=O) groups is 1. The Balaban J connectivity index is 2.42. The average Bonchev–Trinajstić information content (AvgIpc) is 2.26. The first-order chi connectivity index (χ1) is 5.14. The zero-order valence-electron chi connectivity index (χ0n) is 6.74. The van der Waals surface area contributed by atoms with Crippen molar-refractivity contribution in [3.8, 4) is 0 Å². The van der Waals surface area contributed by atoms with E-state index in [0.717, 1.165) is 6.29 Å². The third kappa shape index (κ3) is 2.44. The van der Waals surface area contributed by atoms with Gasteiger partial charge in [-0.2, -0.15) is 0 Å². The molecule has 3 heteroatoms. The van der Waals surface area contributed by atoms with E-state index in [0.29, 0.717) is 6.61 Å². The van der Waals surface area contributed by atoms with Crippen LogP contribution >= 0.6 is 0 Å². The highest BCUT2D eigenvalue weighted by Gasteiger charge is 2.30. The van der Waals surface area contributed by atoms with E-state index in [1.807, 2.05) is 13.8 Å². The van der Waals surface area contributed by atoms with Crippen molar-refractivity contribution in [2.75, 3.05) is 6.61 Å². The minimum atomic E-state index is -0.502. The lowest BCUT2D eigenvalue weighted by Crippen LogP contribution is -2.20. The molecule has 1 heterocycles. The standard InChI is InChI=1S/C8H12O3/c1-8(2)10-6-7(11-8)4-3-5-9/h3-5,7H,6H2,1-2H3/t7-/m1/s1. The minimum Gasteiger partial charge on any atom is -0.347 e. The van der Waals surface area contributed by atoms with Crippen molar-refractivity contribution in [2.45, 2.75) is 25.7 Å². The van der Waals surface area contributed by atoms with Crippen LogP contribution in [-0.2, 0) is 14.3 Å². The summed E-state index contributed by atoms with van der Waals surface area (Å²) in [6.07, 6.45) is 3.78. The van der Waals surface area contributed by atoms with E-state index < -0.39 is 5.79 Å². The second kappa shape index (κ2) is 3.15. The van der Waals surface area contributed by atoms with Gasteiger partial charge in [-0.25, -0.2) is 0 Å². The fraction of sp³-hybridized carbons (Fsp3) is 0.625. The van der Waals surface area contributed by atoms with Crippen molar-refractivity contribution >= 4 is 6.29 Å². The molecule has 0 spiro atoms. The van der Waals surface area contributed by atoms with Crippen LogP contribution in [0.3, 0.4) is 0 Å². The number of aldehydes is 1. The molecule has 1 atom stereocenters. The summed E-state index contributed by atoms with van der Waals surface area (Å²) in [7, 11) is 0. The zero-order valence-corrected chi connectivity index (χ0v) is 6.74. The van der Waals surface area contributed by atoms with Crippen LogP contribution in [0.5, 0.6) is 0 Å². The van der Waals surface area contributed by atoms with Gasteiger partial charge in [-0.1, -0.05) is 6.08 Å². The average molecular weight is 156 g/mol. The van der Waals surface area contributed by atoms with Crippen molar-refractivity contribution in [2.24, 2.45) is 0 Å². The normalized spacial score (nSPS) is 29.5. The second-order valence-corrected chi connectivity index (χ2v) is 2.89. The molecular weight excluding hydrogens is 144 g/mol. The van der Waals surface area contributed by atoms with Crippen LogP contribution in [0.15, 0.2) is 12.2 Å². The Morgan fingerprint density at radius 3 is 2.73 bits per heavy atom. The molecule has 3 nitrogen and oxygen atoms in total. The number of allylic oxidation sites excluding steroid dienone is 1. The molecule has 0 N–H and O–H groups in total. The number of ether oxygens (including phenoxy) is 2. The molecule has 0 aromatic rings. The van der Waals surface area contributed by atoms with Crippen LogP contribution in [0.2, 0.25) is 0 Å². The maximum atomic E-state index is 9.94. The Kier molecular flexibility index (Phi) is 2.42. The molecule has 1 rings (SSSR count). The molecule has 0 amide bonds. The summed E-state index contributed by atoms with van der Waals surface area (Å²) in [6, 6.07) is 0. The zero-order chi connectivity index (χ0) is 8.32. The van der Waals surface area contributed by atoms with E-state index in [9.17, 15) is 4.79 Å². The Morgan fingerprint density at radius 2 is 2.27 bits per heavy atom. The van der Waals surface area contributed by atoms with Gasteiger partial charge in [0, 0.05) is 0 Å². The summed E-state index contributed by atoms with van der Waals surface area (Å²) in [5.74, 6) is -0.502. The summed E-state index contributed by atoms with van der Waals surface area (Å²) in [5.41, 5.74) is 0. The van der Waals surface area contributed by atoms with E-state index in [1.165, 1.54) is 6.08 Å². The molecule has 0 aromatic carbocycles. The summed E-state index contributed by atoms with van der Waals surface area (Å²) in [6.45, 7) is 4.22. The van der Waals surface area contributed by atoms with Crippen LogP contribution in [0.25, 0.3) is 0 Å². The molecule has 1 aliphatic rings. The highest BCUT2D eigenvalue weighted by atomic mass is 16.7. The van der Waals surface area contributed by atoms with E-state index in [1.54, 1.807) is 6.08 Å².